The average Bonchev–Trinajstić information content (AvgIpc) is 2.60. The maximum absolute atomic E-state index is 12.4. The molecule has 1 aromatic rings. The second kappa shape index (κ2) is 8.70. The summed E-state index contributed by atoms with van der Waals surface area (Å²) in [4.78, 5) is 17.0. The number of hydrogen-bond acceptors (Lipinski definition) is 2. The molecule has 0 bridgehead atoms. The molecule has 0 aromatic heterocycles. The van der Waals surface area contributed by atoms with E-state index in [9.17, 15) is 4.79 Å². The topological polar surface area (TPSA) is 35.6 Å². The van der Waals surface area contributed by atoms with Crippen LogP contribution < -0.4 is 5.32 Å². The highest BCUT2D eigenvalue weighted by Gasteiger charge is 2.27. The zero-order valence-electron chi connectivity index (χ0n) is 15.8. The molecule has 2 aliphatic heterocycles. The highest BCUT2D eigenvalue weighted by atomic mass is 16.2. The predicted octanol–water partition coefficient (Wildman–Crippen LogP) is 3.59. The van der Waals surface area contributed by atoms with Crippen LogP contribution in [0.3, 0.4) is 0 Å². The van der Waals surface area contributed by atoms with Crippen LogP contribution in [-0.4, -0.2) is 48.6 Å². The van der Waals surface area contributed by atoms with E-state index in [-0.39, 0.29) is 6.03 Å². The van der Waals surface area contributed by atoms with Crippen molar-refractivity contribution in [1.82, 2.24) is 15.1 Å². The Labute approximate surface area is 152 Å². The summed E-state index contributed by atoms with van der Waals surface area (Å²) in [6, 6.07) is 10.2. The summed E-state index contributed by atoms with van der Waals surface area (Å²) in [6.45, 7) is 10.9. The van der Waals surface area contributed by atoms with Gasteiger partial charge < -0.3 is 15.1 Å². The van der Waals surface area contributed by atoms with Gasteiger partial charge in [0.05, 0.1) is 0 Å². The summed E-state index contributed by atoms with van der Waals surface area (Å²) in [7, 11) is 0. The number of amides is 2. The zero-order chi connectivity index (χ0) is 17.6. The van der Waals surface area contributed by atoms with E-state index in [1.807, 2.05) is 35.2 Å². The third-order valence-electron chi connectivity index (χ3n) is 5.65. The van der Waals surface area contributed by atoms with Gasteiger partial charge in [-0.1, -0.05) is 44.2 Å². The van der Waals surface area contributed by atoms with Crippen LogP contribution in [0.2, 0.25) is 0 Å². The summed E-state index contributed by atoms with van der Waals surface area (Å²) in [5, 5.41) is 3.05. The van der Waals surface area contributed by atoms with Crippen LogP contribution in [0.1, 0.15) is 38.7 Å². The summed E-state index contributed by atoms with van der Waals surface area (Å²) in [5.41, 5.74) is 1.15. The predicted molar refractivity (Wildman–Crippen MR) is 102 cm³/mol. The number of rotatable bonds is 4. The Bertz CT molecular complexity index is 529. The molecule has 138 valence electrons. The second-order valence-electron chi connectivity index (χ2n) is 8.24. The van der Waals surface area contributed by atoms with Gasteiger partial charge in [-0.3, -0.25) is 0 Å². The Kier molecular flexibility index (Phi) is 6.35. The fourth-order valence-electron chi connectivity index (χ4n) is 4.51. The Morgan fingerprint density at radius 2 is 1.72 bits per heavy atom. The van der Waals surface area contributed by atoms with Crippen molar-refractivity contribution in [3.8, 4) is 0 Å². The normalized spacial score (nSPS) is 25.8. The molecule has 2 saturated heterocycles. The standard InChI is InChI=1S/C21H33N3O/c1-17-12-18(2)15-23(14-17)16-20-8-10-24(11-9-20)21(25)22-13-19-6-4-3-5-7-19/h3-7,17-18,20H,8-16H2,1-2H3,(H,22,25)/t17-,18-/m0/s1. The molecule has 2 amide bonds. The van der Waals surface area contributed by atoms with Gasteiger partial charge in [-0.15, -0.1) is 0 Å². The number of hydrogen-bond donors (Lipinski definition) is 1. The van der Waals surface area contributed by atoms with Crippen LogP contribution >= 0.6 is 0 Å². The average molecular weight is 344 g/mol. The van der Waals surface area contributed by atoms with Gasteiger partial charge in [-0.2, -0.15) is 0 Å². The van der Waals surface area contributed by atoms with E-state index in [1.165, 1.54) is 26.1 Å². The quantitative estimate of drug-likeness (QED) is 0.907. The summed E-state index contributed by atoms with van der Waals surface area (Å²) < 4.78 is 0. The molecule has 0 aliphatic carbocycles. The van der Waals surface area contributed by atoms with Gasteiger partial charge in [0.25, 0.3) is 0 Å². The largest absolute Gasteiger partial charge is 0.334 e. The Hall–Kier alpha value is -1.55. The molecule has 0 radical (unpaired) electrons. The first kappa shape index (κ1) is 18.2. The van der Waals surface area contributed by atoms with Gasteiger partial charge >= 0.3 is 6.03 Å². The highest BCUT2D eigenvalue weighted by Crippen LogP contribution is 2.25. The molecular formula is C21H33N3O. The summed E-state index contributed by atoms with van der Waals surface area (Å²) in [6.07, 6.45) is 3.65. The number of carbonyl (C=O) groups is 1. The fraction of sp³-hybridized carbons (Fsp3) is 0.667. The maximum Gasteiger partial charge on any atom is 0.317 e. The molecule has 0 spiro atoms. The molecule has 2 fully saturated rings. The molecule has 3 rings (SSSR count). The van der Waals surface area contributed by atoms with E-state index in [2.05, 4.69) is 24.1 Å². The smallest absolute Gasteiger partial charge is 0.317 e. The van der Waals surface area contributed by atoms with E-state index in [1.54, 1.807) is 0 Å². The lowest BCUT2D eigenvalue weighted by Crippen LogP contribution is -2.47. The highest BCUT2D eigenvalue weighted by molar-refractivity contribution is 5.74. The first-order valence-electron chi connectivity index (χ1n) is 9.89. The fourth-order valence-corrected chi connectivity index (χ4v) is 4.51. The third-order valence-corrected chi connectivity index (χ3v) is 5.65. The van der Waals surface area contributed by atoms with Crippen LogP contribution in [0.5, 0.6) is 0 Å². The van der Waals surface area contributed by atoms with Crippen molar-refractivity contribution < 1.29 is 4.79 Å². The molecule has 0 unspecified atom stereocenters. The number of likely N-dealkylation sites (tertiary alicyclic amines) is 2. The van der Waals surface area contributed by atoms with Crippen molar-refractivity contribution in [2.75, 3.05) is 32.7 Å². The second-order valence-corrected chi connectivity index (χ2v) is 8.24. The molecule has 2 aliphatic rings. The van der Waals surface area contributed by atoms with Gasteiger partial charge in [0.15, 0.2) is 0 Å². The first-order chi connectivity index (χ1) is 12.1. The monoisotopic (exact) mass is 343 g/mol. The van der Waals surface area contributed by atoms with E-state index in [4.69, 9.17) is 0 Å². The van der Waals surface area contributed by atoms with Gasteiger partial charge in [0.1, 0.15) is 0 Å². The summed E-state index contributed by atoms with van der Waals surface area (Å²) >= 11 is 0. The zero-order valence-corrected chi connectivity index (χ0v) is 15.8. The van der Waals surface area contributed by atoms with Crippen LogP contribution in [0.4, 0.5) is 4.79 Å². The minimum absolute atomic E-state index is 0.0857. The molecule has 4 nitrogen and oxygen atoms in total. The van der Waals surface area contributed by atoms with Crippen LogP contribution in [0.25, 0.3) is 0 Å². The number of benzene rings is 1. The lowest BCUT2D eigenvalue weighted by Gasteiger charge is -2.39. The SMILES string of the molecule is C[C@H]1C[C@H](C)CN(CC2CCN(C(=O)NCc3ccccc3)CC2)C1. The van der Waals surface area contributed by atoms with E-state index in [0.29, 0.717) is 6.54 Å². The molecule has 25 heavy (non-hydrogen) atoms. The van der Waals surface area contributed by atoms with Crippen LogP contribution in [0, 0.1) is 17.8 Å². The number of nitrogens with zero attached hydrogens (tertiary/aromatic N) is 2. The minimum atomic E-state index is 0.0857. The number of urea groups is 1. The van der Waals surface area contributed by atoms with Crippen molar-refractivity contribution in [2.24, 2.45) is 17.8 Å². The van der Waals surface area contributed by atoms with Crippen molar-refractivity contribution in [3.63, 3.8) is 0 Å². The Morgan fingerprint density at radius 1 is 1.08 bits per heavy atom. The molecule has 1 N–H and O–H groups in total. The lowest BCUT2D eigenvalue weighted by molar-refractivity contribution is 0.0995. The molecule has 2 heterocycles. The van der Waals surface area contributed by atoms with Crippen LogP contribution in [0.15, 0.2) is 30.3 Å². The Balaban J connectivity index is 1.38. The van der Waals surface area contributed by atoms with E-state index >= 15 is 0 Å². The molecule has 2 atom stereocenters. The molecule has 1 aromatic carbocycles. The van der Waals surface area contributed by atoms with E-state index < -0.39 is 0 Å². The van der Waals surface area contributed by atoms with Gasteiger partial charge in [0, 0.05) is 39.3 Å². The summed E-state index contributed by atoms with van der Waals surface area (Å²) in [5.74, 6) is 2.40. The lowest BCUT2D eigenvalue weighted by atomic mass is 9.89. The van der Waals surface area contributed by atoms with Gasteiger partial charge in [-0.05, 0) is 42.6 Å². The molecule has 4 heteroatoms. The third kappa shape index (κ3) is 5.46. The van der Waals surface area contributed by atoms with Crippen molar-refractivity contribution in [3.05, 3.63) is 35.9 Å². The number of carbonyl (C=O) groups excluding carboxylic acids is 1. The number of piperidine rings is 2. The van der Waals surface area contributed by atoms with Crippen molar-refractivity contribution in [2.45, 2.75) is 39.7 Å². The first-order valence-corrected chi connectivity index (χ1v) is 9.89. The number of nitrogens with one attached hydrogen (secondary N) is 1. The minimum Gasteiger partial charge on any atom is -0.334 e. The van der Waals surface area contributed by atoms with Crippen LogP contribution in [-0.2, 0) is 6.54 Å². The molecule has 0 saturated carbocycles. The van der Waals surface area contributed by atoms with Crippen molar-refractivity contribution in [1.29, 1.82) is 0 Å². The Morgan fingerprint density at radius 3 is 2.36 bits per heavy atom. The van der Waals surface area contributed by atoms with Crippen molar-refractivity contribution >= 4 is 6.03 Å². The maximum atomic E-state index is 12.4. The molecular weight excluding hydrogens is 310 g/mol. The van der Waals surface area contributed by atoms with Gasteiger partial charge in [-0.25, -0.2) is 4.79 Å². The van der Waals surface area contributed by atoms with E-state index in [0.717, 1.165) is 49.2 Å². The van der Waals surface area contributed by atoms with Gasteiger partial charge in [0.2, 0.25) is 0 Å².